The normalized spacial score (nSPS) is 12.8. The summed E-state index contributed by atoms with van der Waals surface area (Å²) in [5.74, 6) is 0.701. The highest BCUT2D eigenvalue weighted by atomic mass is 79.9. The SMILES string of the molecule is COc1ccc(-n2c(C(=O)CCc3ncccn3)c3n(c2=O)CCN(C(=O)c2ccc(Br)c(Cl)c2)C3)cc1. The van der Waals surface area contributed by atoms with Crippen molar-refractivity contribution in [2.24, 2.45) is 0 Å². The van der Waals surface area contributed by atoms with Gasteiger partial charge in [0.15, 0.2) is 5.78 Å². The molecule has 0 spiro atoms. The lowest BCUT2D eigenvalue weighted by molar-refractivity contribution is 0.0707. The number of fused-ring (bicyclic) bond motifs is 1. The second kappa shape index (κ2) is 10.9. The highest BCUT2D eigenvalue weighted by molar-refractivity contribution is 9.10. The summed E-state index contributed by atoms with van der Waals surface area (Å²) in [4.78, 5) is 50.6. The number of amides is 1. The van der Waals surface area contributed by atoms with E-state index in [1.165, 1.54) is 4.57 Å². The number of ether oxygens (including phenoxy) is 1. The zero-order chi connectivity index (χ0) is 26.8. The van der Waals surface area contributed by atoms with E-state index in [-0.39, 0.29) is 42.6 Å². The molecule has 0 aliphatic carbocycles. The lowest BCUT2D eigenvalue weighted by Gasteiger charge is -2.28. The summed E-state index contributed by atoms with van der Waals surface area (Å²) in [6.07, 6.45) is 3.67. The number of hydrogen-bond donors (Lipinski definition) is 0. The van der Waals surface area contributed by atoms with Crippen molar-refractivity contribution in [3.05, 3.63) is 104 Å². The predicted octanol–water partition coefficient (Wildman–Crippen LogP) is 4.33. The molecule has 194 valence electrons. The monoisotopic (exact) mass is 595 g/mol. The first-order chi connectivity index (χ1) is 18.4. The molecule has 2 aromatic carbocycles. The fraction of sp³-hybridized carbons (Fsp3) is 0.222. The van der Waals surface area contributed by atoms with Gasteiger partial charge < -0.3 is 9.64 Å². The minimum atomic E-state index is -0.330. The van der Waals surface area contributed by atoms with Gasteiger partial charge in [0.05, 0.1) is 30.1 Å². The Morgan fingerprint density at radius 3 is 2.50 bits per heavy atom. The molecule has 0 atom stereocenters. The van der Waals surface area contributed by atoms with Gasteiger partial charge in [-0.25, -0.2) is 14.8 Å². The van der Waals surface area contributed by atoms with Crippen molar-refractivity contribution < 1.29 is 14.3 Å². The van der Waals surface area contributed by atoms with Crippen LogP contribution in [-0.4, -0.2) is 49.3 Å². The Morgan fingerprint density at radius 2 is 1.82 bits per heavy atom. The maximum absolute atomic E-state index is 13.7. The number of imidazole rings is 1. The van der Waals surface area contributed by atoms with Crippen LogP contribution in [0.5, 0.6) is 5.75 Å². The van der Waals surface area contributed by atoms with Crippen LogP contribution in [0.3, 0.4) is 0 Å². The van der Waals surface area contributed by atoms with Crippen LogP contribution in [0.4, 0.5) is 0 Å². The number of nitrogens with zero attached hydrogens (tertiary/aromatic N) is 5. The average molecular weight is 597 g/mol. The number of Topliss-reactive ketones (excluding diaryl/α,β-unsaturated/α-hetero) is 1. The highest BCUT2D eigenvalue weighted by Crippen LogP contribution is 2.27. The molecule has 3 heterocycles. The Hall–Kier alpha value is -3.76. The van der Waals surface area contributed by atoms with Gasteiger partial charge in [0.25, 0.3) is 5.91 Å². The van der Waals surface area contributed by atoms with Gasteiger partial charge in [0.2, 0.25) is 0 Å². The molecule has 0 unspecified atom stereocenters. The minimum absolute atomic E-state index is 0.104. The van der Waals surface area contributed by atoms with Gasteiger partial charge in [-0.2, -0.15) is 0 Å². The van der Waals surface area contributed by atoms with Crippen molar-refractivity contribution in [3.63, 3.8) is 0 Å². The maximum Gasteiger partial charge on any atom is 0.333 e. The lowest BCUT2D eigenvalue weighted by Crippen LogP contribution is -2.41. The Labute approximate surface area is 231 Å². The van der Waals surface area contributed by atoms with Gasteiger partial charge in [-0.3, -0.25) is 18.7 Å². The number of rotatable bonds is 7. The zero-order valence-corrected chi connectivity index (χ0v) is 22.8. The van der Waals surface area contributed by atoms with E-state index in [1.807, 2.05) is 0 Å². The number of carbonyl (C=O) groups is 2. The van der Waals surface area contributed by atoms with E-state index >= 15 is 0 Å². The van der Waals surface area contributed by atoms with Crippen molar-refractivity contribution in [2.45, 2.75) is 25.9 Å². The van der Waals surface area contributed by atoms with Crippen molar-refractivity contribution in [1.82, 2.24) is 24.0 Å². The molecule has 1 amide bonds. The van der Waals surface area contributed by atoms with Crippen LogP contribution in [0.15, 0.2) is 70.2 Å². The van der Waals surface area contributed by atoms with Crippen LogP contribution >= 0.6 is 27.5 Å². The molecule has 0 N–H and O–H groups in total. The van der Waals surface area contributed by atoms with Crippen LogP contribution in [0.2, 0.25) is 5.02 Å². The lowest BCUT2D eigenvalue weighted by atomic mass is 10.1. The van der Waals surface area contributed by atoms with Gasteiger partial charge in [-0.05, 0) is 64.5 Å². The fourth-order valence-corrected chi connectivity index (χ4v) is 4.93. The van der Waals surface area contributed by atoms with Crippen molar-refractivity contribution in [3.8, 4) is 11.4 Å². The quantitative estimate of drug-likeness (QED) is 0.295. The summed E-state index contributed by atoms with van der Waals surface area (Å²) in [5, 5.41) is 0.425. The molecule has 0 fully saturated rings. The van der Waals surface area contributed by atoms with Crippen LogP contribution < -0.4 is 10.4 Å². The zero-order valence-electron chi connectivity index (χ0n) is 20.4. The molecule has 5 rings (SSSR count). The second-order valence-electron chi connectivity index (χ2n) is 8.71. The first-order valence-electron chi connectivity index (χ1n) is 11.9. The van der Waals surface area contributed by atoms with Gasteiger partial charge in [0, 0.05) is 48.4 Å². The minimum Gasteiger partial charge on any atom is -0.497 e. The summed E-state index contributed by atoms with van der Waals surface area (Å²) >= 11 is 9.56. The third kappa shape index (κ3) is 5.01. The number of carbonyl (C=O) groups excluding carboxylic acids is 2. The largest absolute Gasteiger partial charge is 0.497 e. The third-order valence-corrected chi connectivity index (χ3v) is 7.66. The van der Waals surface area contributed by atoms with Gasteiger partial charge in [-0.15, -0.1) is 0 Å². The van der Waals surface area contributed by atoms with Crippen LogP contribution in [0, 0.1) is 0 Å². The Morgan fingerprint density at radius 1 is 1.08 bits per heavy atom. The van der Waals surface area contributed by atoms with E-state index in [4.69, 9.17) is 16.3 Å². The molecular formula is C27H23BrClN5O4. The van der Waals surface area contributed by atoms with E-state index in [2.05, 4.69) is 25.9 Å². The molecule has 1 aliphatic rings. The molecular weight excluding hydrogens is 574 g/mol. The molecule has 1 aliphatic heterocycles. The molecule has 0 radical (unpaired) electrons. The summed E-state index contributed by atoms with van der Waals surface area (Å²) < 4.78 is 8.94. The summed E-state index contributed by atoms with van der Waals surface area (Å²) in [6.45, 7) is 0.681. The molecule has 4 aromatic rings. The van der Waals surface area contributed by atoms with Crippen LogP contribution in [-0.2, 0) is 19.5 Å². The third-order valence-electron chi connectivity index (χ3n) is 6.42. The van der Waals surface area contributed by atoms with Crippen molar-refractivity contribution in [2.75, 3.05) is 13.7 Å². The number of aromatic nitrogens is 4. The molecule has 2 aromatic heterocycles. The number of methoxy groups -OCH3 is 1. The Kier molecular flexibility index (Phi) is 7.44. The number of hydrogen-bond acceptors (Lipinski definition) is 6. The predicted molar refractivity (Wildman–Crippen MR) is 145 cm³/mol. The standard InChI is InChI=1S/C27H23BrClN5O4/c1-38-19-6-4-18(5-7-19)34-25(23(35)9-10-24-30-11-2-12-31-24)22-16-32(13-14-33(22)27(34)37)26(36)17-3-8-20(28)21(29)15-17/h2-8,11-12,15H,9-10,13-14,16H2,1H3. The number of halogens is 2. The van der Waals surface area contributed by atoms with Gasteiger partial charge in [0.1, 0.15) is 17.3 Å². The number of benzene rings is 2. The van der Waals surface area contributed by atoms with Crippen molar-refractivity contribution >= 4 is 39.2 Å². The molecule has 11 heteroatoms. The Bertz CT molecular complexity index is 1570. The number of aryl methyl sites for hydroxylation is 1. The highest BCUT2D eigenvalue weighted by Gasteiger charge is 2.32. The number of ketones is 1. The molecule has 9 nitrogen and oxygen atoms in total. The fourth-order valence-electron chi connectivity index (χ4n) is 4.50. The smallest absolute Gasteiger partial charge is 0.333 e. The first kappa shape index (κ1) is 25.9. The molecule has 0 bridgehead atoms. The first-order valence-corrected chi connectivity index (χ1v) is 13.1. The Balaban J connectivity index is 1.53. The van der Waals surface area contributed by atoms with Gasteiger partial charge in [-0.1, -0.05) is 11.6 Å². The van der Waals surface area contributed by atoms with E-state index in [1.54, 1.807) is 77.5 Å². The molecule has 0 saturated heterocycles. The van der Waals surface area contributed by atoms with E-state index in [0.717, 1.165) is 0 Å². The van der Waals surface area contributed by atoms with E-state index < -0.39 is 0 Å². The molecule has 38 heavy (non-hydrogen) atoms. The maximum atomic E-state index is 13.7. The van der Waals surface area contributed by atoms with E-state index in [9.17, 15) is 14.4 Å². The average Bonchev–Trinajstić information content (AvgIpc) is 3.25. The topological polar surface area (TPSA) is 99.3 Å². The molecule has 0 saturated carbocycles. The van der Waals surface area contributed by atoms with Crippen LogP contribution in [0.1, 0.15) is 38.8 Å². The second-order valence-corrected chi connectivity index (χ2v) is 9.97. The van der Waals surface area contributed by atoms with E-state index in [0.29, 0.717) is 51.0 Å². The van der Waals surface area contributed by atoms with Gasteiger partial charge >= 0.3 is 5.69 Å². The van der Waals surface area contributed by atoms with Crippen LogP contribution in [0.25, 0.3) is 5.69 Å². The van der Waals surface area contributed by atoms with Crippen molar-refractivity contribution in [1.29, 1.82) is 0 Å². The summed E-state index contributed by atoms with van der Waals surface area (Å²) in [6, 6.07) is 13.6. The summed E-state index contributed by atoms with van der Waals surface area (Å²) in [5.41, 5.74) is 1.38. The summed E-state index contributed by atoms with van der Waals surface area (Å²) in [7, 11) is 1.56.